The molecule has 1 aliphatic heterocycles. The molecule has 0 atom stereocenters. The van der Waals surface area contributed by atoms with Crippen molar-refractivity contribution < 1.29 is 0 Å². The third kappa shape index (κ3) is 7.63. The zero-order valence-electron chi connectivity index (χ0n) is 22.7. The first-order chi connectivity index (χ1) is 17.9. The van der Waals surface area contributed by atoms with Gasteiger partial charge in [-0.3, -0.25) is 14.9 Å². The first-order valence-electron chi connectivity index (χ1n) is 12.9. The summed E-state index contributed by atoms with van der Waals surface area (Å²) in [5.74, 6) is 0.998. The number of aliphatic imine (C=N–C) groups is 1. The van der Waals surface area contributed by atoms with E-state index in [1.807, 2.05) is 32.2 Å². The summed E-state index contributed by atoms with van der Waals surface area (Å²) in [6.45, 7) is 16.6. The minimum absolute atomic E-state index is 0.144. The molecule has 0 bridgehead atoms. The molecule has 0 saturated carbocycles. The lowest BCUT2D eigenvalue weighted by Gasteiger charge is -2.35. The number of rotatable bonds is 7. The summed E-state index contributed by atoms with van der Waals surface area (Å²) in [6, 6.07) is 0. The fraction of sp³-hybridized carbons (Fsp3) is 0.429. The smallest absolute Gasteiger partial charge is 0.277 e. The number of hydrogen-bond acceptors (Lipinski definition) is 7. The van der Waals surface area contributed by atoms with Crippen LogP contribution in [0.25, 0.3) is 11.0 Å². The average Bonchev–Trinajstić information content (AvgIpc) is 3.03. The molecule has 0 unspecified atom stereocenters. The highest BCUT2D eigenvalue weighted by Crippen LogP contribution is 2.18. The number of H-pyrrole nitrogens is 1. The largest absolute Gasteiger partial charge is 0.372 e. The number of aromatic amines is 1. The Balaban J connectivity index is 0.000000364. The van der Waals surface area contributed by atoms with E-state index in [9.17, 15) is 4.79 Å². The van der Waals surface area contributed by atoms with Crippen LogP contribution in [0.2, 0.25) is 0 Å². The standard InChI is InChI=1S/C20H25N7O.C8H15N/c1-3-9-27-19(28)17-14-21-20(23-18(17)24-27)22-15-5-4-6-16(8-7-15)26-12-10-25(2)11-13-26;1-5-8(7(3)4)9-6-2/h3-5,7-8,14H,1,6,9-13H2,2H3,(H2,21,22,23,24);5-7H,1-4H3/b;8-5-,9-6?. The summed E-state index contributed by atoms with van der Waals surface area (Å²) in [4.78, 5) is 29.9. The number of nitrogens with one attached hydrogen (secondary N) is 2. The van der Waals surface area contributed by atoms with Crippen molar-refractivity contribution in [2.45, 2.75) is 40.7 Å². The third-order valence-corrected chi connectivity index (χ3v) is 6.23. The number of anilines is 1. The molecule has 4 rings (SSSR count). The van der Waals surface area contributed by atoms with E-state index in [1.165, 1.54) is 10.4 Å². The summed E-state index contributed by atoms with van der Waals surface area (Å²) in [7, 11) is 2.16. The van der Waals surface area contributed by atoms with Gasteiger partial charge in [0.15, 0.2) is 5.65 Å². The first kappa shape index (κ1) is 27.9. The van der Waals surface area contributed by atoms with Gasteiger partial charge in [-0.25, -0.2) is 9.67 Å². The zero-order valence-corrected chi connectivity index (χ0v) is 22.7. The number of fused-ring (bicyclic) bond motifs is 1. The topological polar surface area (TPSA) is 94.4 Å². The lowest BCUT2D eigenvalue weighted by Crippen LogP contribution is -2.43. The van der Waals surface area contributed by atoms with Crippen molar-refractivity contribution in [1.29, 1.82) is 0 Å². The highest BCUT2D eigenvalue weighted by Gasteiger charge is 2.16. The second-order valence-electron chi connectivity index (χ2n) is 9.33. The van der Waals surface area contributed by atoms with Gasteiger partial charge in [-0.15, -0.1) is 6.58 Å². The molecule has 9 heteroatoms. The molecule has 9 nitrogen and oxygen atoms in total. The van der Waals surface area contributed by atoms with Crippen LogP contribution in [-0.4, -0.2) is 69.0 Å². The maximum Gasteiger partial charge on any atom is 0.277 e. The van der Waals surface area contributed by atoms with Crippen LogP contribution in [0.15, 0.2) is 76.1 Å². The van der Waals surface area contributed by atoms with Crippen LogP contribution in [-0.2, 0) is 6.54 Å². The van der Waals surface area contributed by atoms with E-state index >= 15 is 0 Å². The van der Waals surface area contributed by atoms with Crippen molar-refractivity contribution in [3.05, 3.63) is 76.7 Å². The number of nitrogens with zero attached hydrogens (tertiary/aromatic N) is 6. The summed E-state index contributed by atoms with van der Waals surface area (Å²) in [5, 5.41) is 6.69. The maximum atomic E-state index is 12.2. The van der Waals surface area contributed by atoms with Gasteiger partial charge >= 0.3 is 0 Å². The number of piperazine rings is 1. The van der Waals surface area contributed by atoms with Gasteiger partial charge in [-0.05, 0) is 45.0 Å². The summed E-state index contributed by atoms with van der Waals surface area (Å²) in [5.41, 5.74) is 3.77. The normalized spacial score (nSPS) is 16.9. The van der Waals surface area contributed by atoms with Crippen molar-refractivity contribution in [2.24, 2.45) is 10.9 Å². The van der Waals surface area contributed by atoms with E-state index in [0.717, 1.165) is 44.0 Å². The van der Waals surface area contributed by atoms with Crippen LogP contribution in [0.3, 0.4) is 0 Å². The van der Waals surface area contributed by atoms with Crippen LogP contribution in [0, 0.1) is 5.92 Å². The summed E-state index contributed by atoms with van der Waals surface area (Å²) < 4.78 is 1.46. The molecule has 1 fully saturated rings. The quantitative estimate of drug-likeness (QED) is 0.431. The van der Waals surface area contributed by atoms with Crippen molar-refractivity contribution >= 4 is 23.2 Å². The van der Waals surface area contributed by atoms with Crippen LogP contribution >= 0.6 is 0 Å². The lowest BCUT2D eigenvalue weighted by molar-refractivity contribution is 0.184. The molecule has 0 aromatic carbocycles. The zero-order chi connectivity index (χ0) is 26.8. The van der Waals surface area contributed by atoms with E-state index in [1.54, 1.807) is 12.3 Å². The van der Waals surface area contributed by atoms with Gasteiger partial charge in [0, 0.05) is 62.1 Å². The van der Waals surface area contributed by atoms with Gasteiger partial charge in [0.1, 0.15) is 5.39 Å². The predicted octanol–water partition coefficient (Wildman–Crippen LogP) is 4.33. The molecule has 1 aliphatic carbocycles. The monoisotopic (exact) mass is 504 g/mol. The Morgan fingerprint density at radius 3 is 2.62 bits per heavy atom. The molecular formula is C28H40N8O. The fourth-order valence-electron chi connectivity index (χ4n) is 4.13. The fourth-order valence-corrected chi connectivity index (χ4v) is 4.13. The minimum Gasteiger partial charge on any atom is -0.372 e. The Labute approximate surface area is 219 Å². The Morgan fingerprint density at radius 2 is 2.00 bits per heavy atom. The highest BCUT2D eigenvalue weighted by molar-refractivity contribution is 5.74. The van der Waals surface area contributed by atoms with Crippen LogP contribution in [0.1, 0.15) is 34.1 Å². The molecule has 198 valence electrons. The van der Waals surface area contributed by atoms with Gasteiger partial charge in [0.25, 0.3) is 5.56 Å². The first-order valence-corrected chi connectivity index (χ1v) is 12.9. The summed E-state index contributed by atoms with van der Waals surface area (Å²) >= 11 is 0. The van der Waals surface area contributed by atoms with Crippen molar-refractivity contribution in [3.8, 4) is 0 Å². The molecule has 2 aliphatic rings. The van der Waals surface area contributed by atoms with Crippen LogP contribution < -0.4 is 10.9 Å². The molecule has 0 spiro atoms. The molecule has 3 heterocycles. The third-order valence-electron chi connectivity index (χ3n) is 6.23. The van der Waals surface area contributed by atoms with E-state index in [2.05, 4.69) is 80.9 Å². The molecule has 0 radical (unpaired) electrons. The second-order valence-corrected chi connectivity index (χ2v) is 9.33. The Bertz CT molecular complexity index is 1270. The number of allylic oxidation sites excluding steroid dienone is 7. The molecule has 2 N–H and O–H groups in total. The van der Waals surface area contributed by atoms with Crippen molar-refractivity contribution in [2.75, 3.05) is 38.5 Å². The molecule has 1 saturated heterocycles. The van der Waals surface area contributed by atoms with Crippen molar-refractivity contribution in [3.63, 3.8) is 0 Å². The van der Waals surface area contributed by atoms with Gasteiger partial charge in [0.05, 0.1) is 6.54 Å². The van der Waals surface area contributed by atoms with E-state index in [0.29, 0.717) is 29.4 Å². The van der Waals surface area contributed by atoms with Crippen molar-refractivity contribution in [1.82, 2.24) is 29.5 Å². The van der Waals surface area contributed by atoms with Gasteiger partial charge in [0.2, 0.25) is 5.95 Å². The minimum atomic E-state index is -0.144. The van der Waals surface area contributed by atoms with E-state index in [-0.39, 0.29) is 5.56 Å². The molecular weight excluding hydrogens is 464 g/mol. The average molecular weight is 505 g/mol. The predicted molar refractivity (Wildman–Crippen MR) is 154 cm³/mol. The maximum absolute atomic E-state index is 12.2. The molecule has 0 amide bonds. The summed E-state index contributed by atoms with van der Waals surface area (Å²) in [6.07, 6.45) is 16.4. The molecule has 37 heavy (non-hydrogen) atoms. The Morgan fingerprint density at radius 1 is 1.24 bits per heavy atom. The van der Waals surface area contributed by atoms with Gasteiger partial charge < -0.3 is 15.1 Å². The molecule has 2 aromatic rings. The molecule has 2 aromatic heterocycles. The van der Waals surface area contributed by atoms with E-state index < -0.39 is 0 Å². The highest BCUT2D eigenvalue weighted by atomic mass is 16.1. The lowest BCUT2D eigenvalue weighted by atomic mass is 10.1. The van der Waals surface area contributed by atoms with Gasteiger partial charge in [-0.1, -0.05) is 32.1 Å². The Hall–Kier alpha value is -3.72. The second kappa shape index (κ2) is 13.5. The van der Waals surface area contributed by atoms with Crippen LogP contribution in [0.4, 0.5) is 5.95 Å². The SMILES string of the molecule is C=CCn1[nH]c2nc(NC3=CC=C(N4CCN(C)CC4)CC=C3)ncc2c1=O.CC=N/C(=C\C)C(C)C. The number of hydrogen-bond donors (Lipinski definition) is 2. The number of likely N-dealkylation sites (N-methyl/N-ethyl adjacent to an activating group) is 1. The van der Waals surface area contributed by atoms with Crippen LogP contribution in [0.5, 0.6) is 0 Å². The Kier molecular flexibility index (Phi) is 10.2. The van der Waals surface area contributed by atoms with Gasteiger partial charge in [-0.2, -0.15) is 4.98 Å². The van der Waals surface area contributed by atoms with E-state index in [4.69, 9.17) is 0 Å². The number of aromatic nitrogens is 4.